The topological polar surface area (TPSA) is 101 Å². The molecule has 1 aromatic carbocycles. The van der Waals surface area contributed by atoms with Gasteiger partial charge in [0.15, 0.2) is 11.6 Å². The van der Waals surface area contributed by atoms with E-state index in [4.69, 9.17) is 4.98 Å². The van der Waals surface area contributed by atoms with Gasteiger partial charge in [-0.2, -0.15) is 4.98 Å². The zero-order valence-corrected chi connectivity index (χ0v) is 18.7. The van der Waals surface area contributed by atoms with Crippen LogP contribution in [0.1, 0.15) is 66.8 Å². The Bertz CT molecular complexity index is 1150. The second-order valence-corrected chi connectivity index (χ2v) is 8.47. The molecular weight excluding hydrogens is 404 g/mol. The first-order valence-electron chi connectivity index (χ1n) is 11.3. The fourth-order valence-corrected chi connectivity index (χ4v) is 4.91. The highest BCUT2D eigenvalue weighted by Crippen LogP contribution is 2.42. The van der Waals surface area contributed by atoms with Gasteiger partial charge in [0.25, 0.3) is 5.91 Å². The van der Waals surface area contributed by atoms with Gasteiger partial charge in [-0.3, -0.25) is 9.36 Å². The molecule has 9 nitrogen and oxygen atoms in total. The number of carbonyl (C=O) groups excluding carboxylic acids is 1. The number of rotatable bonds is 5. The molecule has 3 heterocycles. The number of aryl methyl sites for hydroxylation is 1. The molecule has 1 fully saturated rings. The van der Waals surface area contributed by atoms with Crippen molar-refractivity contribution in [3.63, 3.8) is 0 Å². The molecule has 0 spiro atoms. The van der Waals surface area contributed by atoms with Gasteiger partial charge in [-0.25, -0.2) is 4.98 Å². The van der Waals surface area contributed by atoms with Crippen LogP contribution in [0.25, 0.3) is 5.69 Å². The summed E-state index contributed by atoms with van der Waals surface area (Å²) in [5.41, 5.74) is 3.37. The predicted octanol–water partition coefficient (Wildman–Crippen LogP) is 3.68. The molecule has 0 bridgehead atoms. The molecule has 0 radical (unpaired) electrons. The van der Waals surface area contributed by atoms with Gasteiger partial charge >= 0.3 is 0 Å². The summed E-state index contributed by atoms with van der Waals surface area (Å²) in [5.74, 6) is 2.31. The minimum absolute atomic E-state index is 0.104. The highest BCUT2D eigenvalue weighted by Gasteiger charge is 2.38. The maximum Gasteiger partial charge on any atom is 0.251 e. The van der Waals surface area contributed by atoms with Crippen molar-refractivity contribution in [1.29, 1.82) is 0 Å². The van der Waals surface area contributed by atoms with Crippen LogP contribution in [0, 0.1) is 6.92 Å². The zero-order valence-electron chi connectivity index (χ0n) is 18.7. The van der Waals surface area contributed by atoms with Crippen LogP contribution in [0.15, 0.2) is 30.7 Å². The lowest BCUT2D eigenvalue weighted by Crippen LogP contribution is -2.42. The van der Waals surface area contributed by atoms with E-state index in [2.05, 4.69) is 37.6 Å². The molecule has 2 N–H and O–H groups in total. The van der Waals surface area contributed by atoms with E-state index in [-0.39, 0.29) is 11.9 Å². The normalized spacial score (nSPS) is 17.7. The Labute approximate surface area is 187 Å². The van der Waals surface area contributed by atoms with Gasteiger partial charge in [0.05, 0.1) is 12.2 Å². The van der Waals surface area contributed by atoms with E-state index in [1.807, 2.05) is 29.8 Å². The lowest BCUT2D eigenvalue weighted by molar-refractivity contribution is 0.0963. The number of hydrogen-bond donors (Lipinski definition) is 2. The third kappa shape index (κ3) is 3.37. The number of hydrogen-bond acceptors (Lipinski definition) is 7. The van der Waals surface area contributed by atoms with Crippen LogP contribution in [0.2, 0.25) is 0 Å². The first-order valence-corrected chi connectivity index (χ1v) is 11.3. The molecule has 0 saturated heterocycles. The van der Waals surface area contributed by atoms with Crippen LogP contribution < -0.4 is 15.5 Å². The second kappa shape index (κ2) is 8.22. The van der Waals surface area contributed by atoms with E-state index in [0.29, 0.717) is 17.6 Å². The monoisotopic (exact) mass is 432 g/mol. The number of nitrogens with zero attached hydrogens (tertiary/aromatic N) is 6. The zero-order chi connectivity index (χ0) is 22.2. The average Bonchev–Trinajstić information content (AvgIpc) is 3.51. The summed E-state index contributed by atoms with van der Waals surface area (Å²) in [6.07, 6.45) is 9.34. The summed E-state index contributed by atoms with van der Waals surface area (Å²) < 4.78 is 2.02. The number of carbonyl (C=O) groups is 1. The third-order valence-electron chi connectivity index (χ3n) is 6.53. The molecule has 1 aliphatic heterocycles. The van der Waals surface area contributed by atoms with Crippen molar-refractivity contribution in [2.75, 3.05) is 17.3 Å². The molecule has 2 aromatic heterocycles. The minimum atomic E-state index is -0.104. The van der Waals surface area contributed by atoms with Gasteiger partial charge in [-0.1, -0.05) is 19.8 Å². The Hall–Kier alpha value is -3.49. The molecule has 166 valence electrons. The second-order valence-electron chi connectivity index (χ2n) is 8.47. The molecule has 1 atom stereocenters. The van der Waals surface area contributed by atoms with E-state index in [1.165, 1.54) is 12.8 Å². The van der Waals surface area contributed by atoms with Gasteiger partial charge in [0, 0.05) is 24.3 Å². The molecule has 1 aliphatic carbocycles. The highest BCUT2D eigenvalue weighted by molar-refractivity contribution is 5.94. The quantitative estimate of drug-likeness (QED) is 0.634. The van der Waals surface area contributed by atoms with E-state index in [1.54, 1.807) is 19.4 Å². The number of amides is 1. The largest absolute Gasteiger partial charge is 0.355 e. The van der Waals surface area contributed by atoms with Gasteiger partial charge in [0.1, 0.15) is 12.0 Å². The molecule has 1 saturated carbocycles. The van der Waals surface area contributed by atoms with Crippen LogP contribution >= 0.6 is 0 Å². The number of nitrogens with one attached hydrogen (secondary N) is 2. The molecule has 32 heavy (non-hydrogen) atoms. The summed E-state index contributed by atoms with van der Waals surface area (Å²) in [6, 6.07) is 6.14. The Morgan fingerprint density at radius 3 is 2.78 bits per heavy atom. The van der Waals surface area contributed by atoms with Crippen molar-refractivity contribution in [2.24, 2.45) is 0 Å². The van der Waals surface area contributed by atoms with Crippen molar-refractivity contribution in [3.8, 4) is 5.69 Å². The molecule has 3 aromatic rings. The minimum Gasteiger partial charge on any atom is -0.355 e. The smallest absolute Gasteiger partial charge is 0.251 e. The van der Waals surface area contributed by atoms with Crippen molar-refractivity contribution >= 4 is 23.4 Å². The summed E-state index contributed by atoms with van der Waals surface area (Å²) >= 11 is 0. The highest BCUT2D eigenvalue weighted by atomic mass is 16.1. The van der Waals surface area contributed by atoms with Crippen molar-refractivity contribution in [1.82, 2.24) is 30.0 Å². The average molecular weight is 433 g/mol. The summed E-state index contributed by atoms with van der Waals surface area (Å²) in [6.45, 7) is 4.16. The van der Waals surface area contributed by atoms with E-state index in [9.17, 15) is 4.79 Å². The van der Waals surface area contributed by atoms with Crippen LogP contribution in [-0.2, 0) is 0 Å². The molecule has 9 heteroatoms. The molecule has 5 rings (SSSR count). The van der Waals surface area contributed by atoms with Gasteiger partial charge in [-0.15, -0.1) is 10.2 Å². The maximum atomic E-state index is 11.9. The molecule has 1 amide bonds. The summed E-state index contributed by atoms with van der Waals surface area (Å²) in [7, 11) is 1.63. The van der Waals surface area contributed by atoms with Gasteiger partial charge < -0.3 is 15.5 Å². The van der Waals surface area contributed by atoms with E-state index in [0.717, 1.165) is 47.8 Å². The number of anilines is 3. The lowest BCUT2D eigenvalue weighted by atomic mass is 10.0. The number of fused-ring (bicyclic) bond motifs is 3. The first kappa shape index (κ1) is 20.4. The Kier molecular flexibility index (Phi) is 5.24. The van der Waals surface area contributed by atoms with Crippen molar-refractivity contribution < 1.29 is 4.79 Å². The molecule has 1 unspecified atom stereocenters. The molecule has 2 aliphatic rings. The van der Waals surface area contributed by atoms with Crippen LogP contribution in [0.3, 0.4) is 0 Å². The Morgan fingerprint density at radius 2 is 2.06 bits per heavy atom. The fourth-order valence-electron chi connectivity index (χ4n) is 4.91. The lowest BCUT2D eigenvalue weighted by Gasteiger charge is -2.40. The molecular formula is C23H28N8O. The number of benzene rings is 1. The van der Waals surface area contributed by atoms with Crippen LogP contribution in [0.5, 0.6) is 0 Å². The van der Waals surface area contributed by atoms with Gasteiger partial charge in [0.2, 0.25) is 5.95 Å². The maximum absolute atomic E-state index is 11.9. The fraction of sp³-hybridized carbons (Fsp3) is 0.435. The van der Waals surface area contributed by atoms with E-state index >= 15 is 0 Å². The van der Waals surface area contributed by atoms with E-state index < -0.39 is 0 Å². The summed E-state index contributed by atoms with van der Waals surface area (Å²) in [4.78, 5) is 23.9. The van der Waals surface area contributed by atoms with Crippen LogP contribution in [-0.4, -0.2) is 43.7 Å². The first-order chi connectivity index (χ1) is 15.6. The SMILES string of the molecule is CCC1c2nncn2-c2cnc(Nc3ccc(C(=O)NC)cc3C)nc2N1C1CCCC1. The van der Waals surface area contributed by atoms with Crippen molar-refractivity contribution in [3.05, 3.63) is 47.7 Å². The van der Waals surface area contributed by atoms with Crippen molar-refractivity contribution in [2.45, 2.75) is 58.0 Å². The third-order valence-corrected chi connectivity index (χ3v) is 6.53. The number of aromatic nitrogens is 5. The van der Waals surface area contributed by atoms with Crippen LogP contribution in [0.4, 0.5) is 17.5 Å². The predicted molar refractivity (Wildman–Crippen MR) is 123 cm³/mol. The van der Waals surface area contributed by atoms with Gasteiger partial charge in [-0.05, 0) is 49.9 Å². The summed E-state index contributed by atoms with van der Waals surface area (Å²) in [5, 5.41) is 14.6. The standard InChI is InChI=1S/C23H28N8O/c1-4-18-21-29-26-13-30(21)19-12-25-23(28-20(19)31(18)16-7-5-6-8-16)27-17-10-9-15(11-14(17)2)22(32)24-3/h9-13,16,18H,4-8H2,1-3H3,(H,24,32)(H,25,27,28). The Morgan fingerprint density at radius 1 is 1.25 bits per heavy atom. The Balaban J connectivity index is 1.53.